The summed E-state index contributed by atoms with van der Waals surface area (Å²) >= 11 is 0. The number of nitrogens with one attached hydrogen (secondary N) is 1. The molecule has 5 rings (SSSR count). The SMILES string of the molecule is COc1ccccc1CNC(=O)C[C@@H]1CC[C@H]2[C@@H](COC[C@@H](O)CN2Cc2cccc(-c3ccncc3)c2)O1. The topological polar surface area (TPSA) is 93.2 Å². The van der Waals surface area contributed by atoms with Crippen LogP contribution in [0.4, 0.5) is 0 Å². The van der Waals surface area contributed by atoms with Crippen LogP contribution in [0, 0.1) is 0 Å². The second-order valence-electron chi connectivity index (χ2n) is 10.3. The first-order chi connectivity index (χ1) is 19.1. The highest BCUT2D eigenvalue weighted by molar-refractivity contribution is 5.76. The first kappa shape index (κ1) is 27.3. The fourth-order valence-electron chi connectivity index (χ4n) is 5.58. The number of methoxy groups -OCH3 is 1. The van der Waals surface area contributed by atoms with E-state index in [-0.39, 0.29) is 30.8 Å². The zero-order valence-corrected chi connectivity index (χ0v) is 22.4. The minimum absolute atomic E-state index is 0.0451. The molecule has 2 aromatic carbocycles. The van der Waals surface area contributed by atoms with Gasteiger partial charge in [0, 0.05) is 43.6 Å². The summed E-state index contributed by atoms with van der Waals surface area (Å²) in [7, 11) is 1.63. The maximum Gasteiger partial charge on any atom is 0.222 e. The molecule has 2 N–H and O–H groups in total. The summed E-state index contributed by atoms with van der Waals surface area (Å²) < 4.78 is 17.6. The quantitative estimate of drug-likeness (QED) is 0.459. The third-order valence-electron chi connectivity index (χ3n) is 7.50. The molecule has 1 aromatic heterocycles. The van der Waals surface area contributed by atoms with Crippen LogP contribution in [0.25, 0.3) is 11.1 Å². The minimum Gasteiger partial charge on any atom is -0.496 e. The molecule has 206 valence electrons. The molecule has 0 spiro atoms. The number of carbonyl (C=O) groups excluding carboxylic acids is 1. The Hall–Kier alpha value is -3.30. The molecule has 2 saturated heterocycles. The molecule has 2 aliphatic heterocycles. The van der Waals surface area contributed by atoms with E-state index >= 15 is 0 Å². The van der Waals surface area contributed by atoms with Crippen molar-refractivity contribution >= 4 is 5.91 Å². The molecular weight excluding hydrogens is 494 g/mol. The van der Waals surface area contributed by atoms with Gasteiger partial charge >= 0.3 is 0 Å². The predicted octanol–water partition coefficient (Wildman–Crippen LogP) is 3.57. The molecule has 3 aromatic rings. The fraction of sp³-hybridized carbons (Fsp3) is 0.419. The molecule has 8 heteroatoms. The number of carbonyl (C=O) groups is 1. The van der Waals surface area contributed by atoms with Crippen molar-refractivity contribution in [1.29, 1.82) is 0 Å². The number of hydrogen-bond donors (Lipinski definition) is 2. The molecule has 2 fully saturated rings. The number of rotatable bonds is 8. The van der Waals surface area contributed by atoms with E-state index in [4.69, 9.17) is 14.2 Å². The summed E-state index contributed by atoms with van der Waals surface area (Å²) in [6, 6.07) is 20.3. The van der Waals surface area contributed by atoms with E-state index in [0.29, 0.717) is 32.7 Å². The average molecular weight is 532 g/mol. The number of β-amino-alcohol motifs (C(OH)–C–C–N with tert-alkyl or cyclic N) is 1. The van der Waals surface area contributed by atoms with E-state index in [9.17, 15) is 9.90 Å². The van der Waals surface area contributed by atoms with Gasteiger partial charge in [-0.1, -0.05) is 36.4 Å². The number of benzene rings is 2. The summed E-state index contributed by atoms with van der Waals surface area (Å²) in [5.41, 5.74) is 4.38. The largest absolute Gasteiger partial charge is 0.496 e. The van der Waals surface area contributed by atoms with Crippen molar-refractivity contribution in [2.75, 3.05) is 26.9 Å². The Labute approximate surface area is 229 Å². The number of amides is 1. The Morgan fingerprint density at radius 3 is 2.77 bits per heavy atom. The molecule has 2 aliphatic rings. The molecule has 1 amide bonds. The normalized spacial score (nSPS) is 23.7. The Morgan fingerprint density at radius 2 is 1.92 bits per heavy atom. The van der Waals surface area contributed by atoms with Crippen LogP contribution in [-0.2, 0) is 27.4 Å². The van der Waals surface area contributed by atoms with Gasteiger partial charge in [0.05, 0.1) is 45.1 Å². The van der Waals surface area contributed by atoms with Crippen LogP contribution < -0.4 is 10.1 Å². The lowest BCUT2D eigenvalue weighted by Gasteiger charge is -2.44. The summed E-state index contributed by atoms with van der Waals surface area (Å²) in [5, 5.41) is 13.6. The van der Waals surface area contributed by atoms with Gasteiger partial charge in [-0.05, 0) is 53.8 Å². The number of aromatic nitrogens is 1. The summed E-state index contributed by atoms with van der Waals surface area (Å²) in [5.74, 6) is 0.714. The first-order valence-corrected chi connectivity index (χ1v) is 13.6. The number of hydrogen-bond acceptors (Lipinski definition) is 7. The number of nitrogens with zero attached hydrogens (tertiary/aromatic N) is 2. The predicted molar refractivity (Wildman–Crippen MR) is 148 cm³/mol. The fourth-order valence-corrected chi connectivity index (χ4v) is 5.58. The van der Waals surface area contributed by atoms with Crippen molar-refractivity contribution in [2.24, 2.45) is 0 Å². The van der Waals surface area contributed by atoms with Gasteiger partial charge in [0.15, 0.2) is 0 Å². The van der Waals surface area contributed by atoms with Gasteiger partial charge in [-0.15, -0.1) is 0 Å². The van der Waals surface area contributed by atoms with Crippen LogP contribution in [0.3, 0.4) is 0 Å². The highest BCUT2D eigenvalue weighted by Crippen LogP contribution is 2.29. The lowest BCUT2D eigenvalue weighted by Crippen LogP contribution is -2.55. The van der Waals surface area contributed by atoms with Crippen molar-refractivity contribution in [3.8, 4) is 16.9 Å². The molecule has 0 aliphatic carbocycles. The molecule has 0 bridgehead atoms. The molecule has 0 unspecified atom stereocenters. The molecule has 0 saturated carbocycles. The summed E-state index contributed by atoms with van der Waals surface area (Å²) in [6.45, 7) is 2.28. The smallest absolute Gasteiger partial charge is 0.222 e. The van der Waals surface area contributed by atoms with Crippen LogP contribution in [0.1, 0.15) is 30.4 Å². The second kappa shape index (κ2) is 13.2. The van der Waals surface area contributed by atoms with Gasteiger partial charge in [0.2, 0.25) is 5.91 Å². The monoisotopic (exact) mass is 531 g/mol. The van der Waals surface area contributed by atoms with Gasteiger partial charge < -0.3 is 24.6 Å². The van der Waals surface area contributed by atoms with Gasteiger partial charge in [-0.2, -0.15) is 0 Å². The van der Waals surface area contributed by atoms with E-state index in [1.54, 1.807) is 19.5 Å². The highest BCUT2D eigenvalue weighted by Gasteiger charge is 2.38. The third-order valence-corrected chi connectivity index (χ3v) is 7.50. The molecule has 4 atom stereocenters. The van der Waals surface area contributed by atoms with Crippen molar-refractivity contribution in [3.63, 3.8) is 0 Å². The number of fused-ring (bicyclic) bond motifs is 1. The third kappa shape index (κ3) is 7.22. The maximum atomic E-state index is 12.8. The minimum atomic E-state index is -0.562. The van der Waals surface area contributed by atoms with E-state index in [0.717, 1.165) is 35.3 Å². The second-order valence-corrected chi connectivity index (χ2v) is 10.3. The standard InChI is InChI=1S/C31H37N3O5/c1-37-29-8-3-2-6-25(29)17-33-31(36)16-27-9-10-28-30(39-27)21-38-20-26(35)19-34(28)18-22-5-4-7-24(15-22)23-11-13-32-14-12-23/h2-8,11-15,26-28,30,35H,9-10,16-21H2,1H3,(H,33,36)/t26-,27-,28-,30+/m0/s1. The van der Waals surface area contributed by atoms with Crippen molar-refractivity contribution in [1.82, 2.24) is 15.2 Å². The maximum absolute atomic E-state index is 12.8. The lowest BCUT2D eigenvalue weighted by atomic mass is 9.94. The zero-order valence-electron chi connectivity index (χ0n) is 22.4. The van der Waals surface area contributed by atoms with Crippen LogP contribution in [-0.4, -0.2) is 72.1 Å². The van der Waals surface area contributed by atoms with Gasteiger partial charge in [0.25, 0.3) is 0 Å². The number of aliphatic hydroxyl groups excluding tert-OH is 1. The van der Waals surface area contributed by atoms with Gasteiger partial charge in [-0.3, -0.25) is 14.7 Å². The van der Waals surface area contributed by atoms with Crippen molar-refractivity contribution in [2.45, 2.75) is 56.7 Å². The molecule has 3 heterocycles. The van der Waals surface area contributed by atoms with E-state index in [2.05, 4.69) is 39.5 Å². The van der Waals surface area contributed by atoms with E-state index in [1.165, 1.54) is 5.56 Å². The molecular formula is C31H37N3O5. The van der Waals surface area contributed by atoms with Gasteiger partial charge in [0.1, 0.15) is 5.75 Å². The van der Waals surface area contributed by atoms with Crippen LogP contribution in [0.5, 0.6) is 5.75 Å². The Balaban J connectivity index is 1.21. The zero-order chi connectivity index (χ0) is 27.0. The molecule has 39 heavy (non-hydrogen) atoms. The number of pyridine rings is 1. The Kier molecular flexibility index (Phi) is 9.21. The van der Waals surface area contributed by atoms with Crippen LogP contribution in [0.15, 0.2) is 73.1 Å². The van der Waals surface area contributed by atoms with Crippen molar-refractivity contribution in [3.05, 3.63) is 84.2 Å². The molecule has 8 nitrogen and oxygen atoms in total. The van der Waals surface area contributed by atoms with E-state index < -0.39 is 6.10 Å². The van der Waals surface area contributed by atoms with Crippen LogP contribution in [0.2, 0.25) is 0 Å². The number of ether oxygens (including phenoxy) is 3. The van der Waals surface area contributed by atoms with Crippen molar-refractivity contribution < 1.29 is 24.1 Å². The summed E-state index contributed by atoms with van der Waals surface area (Å²) in [4.78, 5) is 19.2. The Bertz CT molecular complexity index is 1220. The number of aliphatic hydroxyl groups is 1. The van der Waals surface area contributed by atoms with Gasteiger partial charge in [-0.25, -0.2) is 0 Å². The van der Waals surface area contributed by atoms with E-state index in [1.807, 2.05) is 36.4 Å². The highest BCUT2D eigenvalue weighted by atomic mass is 16.5. The molecule has 0 radical (unpaired) electrons. The number of para-hydroxylation sites is 1. The van der Waals surface area contributed by atoms with Crippen LogP contribution >= 0.6 is 0 Å². The average Bonchev–Trinajstić information content (AvgIpc) is 2.96. The summed E-state index contributed by atoms with van der Waals surface area (Å²) in [6.07, 6.45) is 4.64. The lowest BCUT2D eigenvalue weighted by molar-refractivity contribution is -0.158. The Morgan fingerprint density at radius 1 is 1.08 bits per heavy atom. The first-order valence-electron chi connectivity index (χ1n) is 13.6.